The highest BCUT2D eigenvalue weighted by Gasteiger charge is 2.33. The summed E-state index contributed by atoms with van der Waals surface area (Å²) >= 11 is 0. The Hall–Kier alpha value is -2.40. The first kappa shape index (κ1) is 18.0. The van der Waals surface area contributed by atoms with Gasteiger partial charge in [-0.3, -0.25) is 5.32 Å². The van der Waals surface area contributed by atoms with Crippen molar-refractivity contribution in [1.82, 2.24) is 5.32 Å². The lowest BCUT2D eigenvalue weighted by Gasteiger charge is -2.28. The number of rotatable bonds is 4. The number of piperidine rings is 1. The van der Waals surface area contributed by atoms with Gasteiger partial charge in [0.05, 0.1) is 12.3 Å². The van der Waals surface area contributed by atoms with Crippen molar-refractivity contribution in [1.29, 1.82) is 0 Å². The van der Waals surface area contributed by atoms with Gasteiger partial charge in [-0.1, -0.05) is 30.3 Å². The standard InChI is InChI=1S/C22H25FN2O2/c1-14-6-9-18(20(23)10-14)19-4-2-3-5-21(19)25-22(26)27-13-15-11-16-7-8-17(12-15)24-16/h2-6,9-10,15-17,24H,7-8,11-13H2,1H3,(H,25,26). The molecular formula is C22H25FN2O2. The van der Waals surface area contributed by atoms with Crippen molar-refractivity contribution in [2.24, 2.45) is 5.92 Å². The van der Waals surface area contributed by atoms with Gasteiger partial charge in [0, 0.05) is 23.2 Å². The third kappa shape index (κ3) is 4.14. The molecule has 5 heteroatoms. The molecule has 2 saturated heterocycles. The zero-order valence-corrected chi connectivity index (χ0v) is 15.5. The van der Waals surface area contributed by atoms with Crippen molar-refractivity contribution in [3.8, 4) is 11.1 Å². The number of para-hydroxylation sites is 1. The number of amides is 1. The van der Waals surface area contributed by atoms with Gasteiger partial charge in [-0.25, -0.2) is 9.18 Å². The van der Waals surface area contributed by atoms with Crippen LogP contribution >= 0.6 is 0 Å². The second kappa shape index (κ2) is 7.69. The van der Waals surface area contributed by atoms with Crippen molar-refractivity contribution in [2.75, 3.05) is 11.9 Å². The Morgan fingerprint density at radius 2 is 1.89 bits per heavy atom. The molecule has 2 heterocycles. The van der Waals surface area contributed by atoms with E-state index in [-0.39, 0.29) is 5.82 Å². The van der Waals surface area contributed by atoms with Crippen molar-refractivity contribution >= 4 is 11.8 Å². The first-order valence-corrected chi connectivity index (χ1v) is 9.64. The predicted octanol–water partition coefficient (Wildman–Crippen LogP) is 4.88. The molecule has 2 aromatic carbocycles. The van der Waals surface area contributed by atoms with E-state index in [2.05, 4.69) is 10.6 Å². The van der Waals surface area contributed by atoms with E-state index in [0.29, 0.717) is 41.4 Å². The number of fused-ring (bicyclic) bond motifs is 2. The summed E-state index contributed by atoms with van der Waals surface area (Å²) in [5.74, 6) is 0.113. The van der Waals surface area contributed by atoms with Crippen molar-refractivity contribution in [3.05, 3.63) is 53.8 Å². The van der Waals surface area contributed by atoms with Gasteiger partial charge in [0.2, 0.25) is 0 Å². The number of aryl methyl sites for hydroxylation is 1. The number of anilines is 1. The van der Waals surface area contributed by atoms with Crippen LogP contribution in [0.25, 0.3) is 11.1 Å². The van der Waals surface area contributed by atoms with Gasteiger partial charge in [-0.2, -0.15) is 0 Å². The van der Waals surface area contributed by atoms with Crippen LogP contribution in [0, 0.1) is 18.7 Å². The summed E-state index contributed by atoms with van der Waals surface area (Å²) in [7, 11) is 0. The minimum absolute atomic E-state index is 0.303. The highest BCUT2D eigenvalue weighted by molar-refractivity contribution is 5.91. The van der Waals surface area contributed by atoms with Gasteiger partial charge in [-0.15, -0.1) is 0 Å². The van der Waals surface area contributed by atoms with Crippen LogP contribution < -0.4 is 10.6 Å². The third-order valence-electron chi connectivity index (χ3n) is 5.60. The Bertz CT molecular complexity index is 827. The molecule has 0 saturated carbocycles. The molecule has 2 atom stereocenters. The summed E-state index contributed by atoms with van der Waals surface area (Å²) in [6.07, 6.45) is 4.09. The van der Waals surface area contributed by atoms with Crippen molar-refractivity contribution < 1.29 is 13.9 Å². The molecule has 2 bridgehead atoms. The Balaban J connectivity index is 1.41. The summed E-state index contributed by atoms with van der Waals surface area (Å²) in [5.41, 5.74) is 2.52. The van der Waals surface area contributed by atoms with Crippen molar-refractivity contribution in [3.63, 3.8) is 0 Å². The van der Waals surface area contributed by atoms with Crippen molar-refractivity contribution in [2.45, 2.75) is 44.7 Å². The fourth-order valence-electron chi connectivity index (χ4n) is 4.32. The maximum absolute atomic E-state index is 14.4. The Morgan fingerprint density at radius 1 is 1.15 bits per heavy atom. The van der Waals surface area contributed by atoms with Crippen LogP contribution in [0.3, 0.4) is 0 Å². The van der Waals surface area contributed by atoms with E-state index in [4.69, 9.17) is 4.74 Å². The first-order valence-electron chi connectivity index (χ1n) is 9.64. The number of hydrogen-bond acceptors (Lipinski definition) is 3. The van der Waals surface area contributed by atoms with Crippen LogP contribution in [0.1, 0.15) is 31.2 Å². The normalized spacial score (nSPS) is 23.9. The molecule has 4 nitrogen and oxygen atoms in total. The lowest BCUT2D eigenvalue weighted by atomic mass is 9.93. The molecule has 2 aliphatic rings. The fraction of sp³-hybridized carbons (Fsp3) is 0.409. The molecule has 4 rings (SSSR count). The molecule has 2 aliphatic heterocycles. The molecule has 142 valence electrons. The van der Waals surface area contributed by atoms with Crippen LogP contribution in [0.15, 0.2) is 42.5 Å². The highest BCUT2D eigenvalue weighted by Crippen LogP contribution is 2.32. The van der Waals surface area contributed by atoms with Gasteiger partial charge in [-0.05, 0) is 56.2 Å². The molecular weight excluding hydrogens is 343 g/mol. The maximum atomic E-state index is 14.4. The lowest BCUT2D eigenvalue weighted by Crippen LogP contribution is -2.39. The zero-order chi connectivity index (χ0) is 18.8. The largest absolute Gasteiger partial charge is 0.449 e. The maximum Gasteiger partial charge on any atom is 0.411 e. The molecule has 27 heavy (non-hydrogen) atoms. The third-order valence-corrected chi connectivity index (χ3v) is 5.60. The summed E-state index contributed by atoms with van der Waals surface area (Å²) in [4.78, 5) is 12.3. The summed E-state index contributed by atoms with van der Waals surface area (Å²) in [6, 6.07) is 13.5. The number of benzene rings is 2. The SMILES string of the molecule is Cc1ccc(-c2ccccc2NC(=O)OCC2CC3CCC(C2)N3)c(F)c1. The van der Waals surface area contributed by atoms with E-state index < -0.39 is 6.09 Å². The van der Waals surface area contributed by atoms with Gasteiger partial charge in [0.1, 0.15) is 5.82 Å². The van der Waals surface area contributed by atoms with E-state index in [9.17, 15) is 9.18 Å². The molecule has 2 aromatic rings. The second-order valence-corrected chi connectivity index (χ2v) is 7.73. The van der Waals surface area contributed by atoms with E-state index in [1.807, 2.05) is 25.1 Å². The number of halogens is 1. The van der Waals surface area contributed by atoms with Crippen LogP contribution in [0.5, 0.6) is 0 Å². The second-order valence-electron chi connectivity index (χ2n) is 7.73. The molecule has 2 N–H and O–H groups in total. The number of nitrogens with one attached hydrogen (secondary N) is 2. The Labute approximate surface area is 159 Å². The van der Waals surface area contributed by atoms with Crippen LogP contribution in [0.4, 0.5) is 14.9 Å². The highest BCUT2D eigenvalue weighted by atomic mass is 19.1. The number of carbonyl (C=O) groups is 1. The van der Waals surface area contributed by atoms with E-state index in [1.165, 1.54) is 18.9 Å². The zero-order valence-electron chi connectivity index (χ0n) is 15.5. The van der Waals surface area contributed by atoms with E-state index in [1.54, 1.807) is 18.2 Å². The predicted molar refractivity (Wildman–Crippen MR) is 104 cm³/mol. The molecule has 0 spiro atoms. The summed E-state index contributed by atoms with van der Waals surface area (Å²) < 4.78 is 19.9. The van der Waals surface area contributed by atoms with Crippen LogP contribution in [0.2, 0.25) is 0 Å². The molecule has 0 aliphatic carbocycles. The average molecular weight is 368 g/mol. The molecule has 2 unspecified atom stereocenters. The van der Waals surface area contributed by atoms with E-state index in [0.717, 1.165) is 18.4 Å². The molecule has 2 fully saturated rings. The minimum atomic E-state index is -0.485. The monoisotopic (exact) mass is 368 g/mol. The van der Waals surface area contributed by atoms with Crippen LogP contribution in [-0.4, -0.2) is 24.8 Å². The molecule has 0 aromatic heterocycles. The summed E-state index contributed by atoms with van der Waals surface area (Å²) in [6.45, 7) is 2.28. The minimum Gasteiger partial charge on any atom is -0.449 e. The average Bonchev–Trinajstić information content (AvgIpc) is 2.99. The number of hydrogen-bond donors (Lipinski definition) is 2. The number of ether oxygens (including phenoxy) is 1. The van der Waals surface area contributed by atoms with Gasteiger partial charge in [0.25, 0.3) is 0 Å². The van der Waals surface area contributed by atoms with Gasteiger partial charge >= 0.3 is 6.09 Å². The summed E-state index contributed by atoms with van der Waals surface area (Å²) in [5, 5.41) is 6.38. The van der Waals surface area contributed by atoms with Crippen LogP contribution in [-0.2, 0) is 4.74 Å². The molecule has 1 amide bonds. The first-order chi connectivity index (χ1) is 13.1. The van der Waals surface area contributed by atoms with Gasteiger partial charge < -0.3 is 10.1 Å². The topological polar surface area (TPSA) is 50.4 Å². The fourth-order valence-corrected chi connectivity index (χ4v) is 4.32. The quantitative estimate of drug-likeness (QED) is 0.809. The van der Waals surface area contributed by atoms with E-state index >= 15 is 0 Å². The smallest absolute Gasteiger partial charge is 0.411 e. The number of carbonyl (C=O) groups excluding carboxylic acids is 1. The molecule has 0 radical (unpaired) electrons. The van der Waals surface area contributed by atoms with Gasteiger partial charge in [0.15, 0.2) is 0 Å². The Morgan fingerprint density at radius 3 is 2.63 bits per heavy atom. The Kier molecular flexibility index (Phi) is 5.12. The lowest BCUT2D eigenvalue weighted by molar-refractivity contribution is 0.122.